The van der Waals surface area contributed by atoms with Crippen molar-refractivity contribution in [3.05, 3.63) is 81.9 Å². The molecule has 118 valence electrons. The van der Waals surface area contributed by atoms with Crippen LogP contribution in [-0.4, -0.2) is 12.3 Å². The maximum absolute atomic E-state index is 13.7. The van der Waals surface area contributed by atoms with Crippen LogP contribution >= 0.6 is 0 Å². The monoisotopic (exact) mass is 323 g/mol. The summed E-state index contributed by atoms with van der Waals surface area (Å²) >= 11 is 0. The molecule has 3 aliphatic rings. The Hall–Kier alpha value is -3.20. The Labute approximate surface area is 136 Å². The third-order valence-corrected chi connectivity index (χ3v) is 4.25. The first kappa shape index (κ1) is 14.4. The summed E-state index contributed by atoms with van der Waals surface area (Å²) in [7, 11) is 0. The van der Waals surface area contributed by atoms with Crippen LogP contribution in [0.1, 0.15) is 11.5 Å². The molecule has 2 atom stereocenters. The zero-order chi connectivity index (χ0) is 16.8. The lowest BCUT2D eigenvalue weighted by Gasteiger charge is -2.35. The van der Waals surface area contributed by atoms with Gasteiger partial charge in [0.15, 0.2) is 5.88 Å². The number of allylic oxidation sites excluding steroid dienone is 4. The number of aliphatic imine (C=N–C) groups is 1. The molecule has 6 heteroatoms. The van der Waals surface area contributed by atoms with Gasteiger partial charge in [-0.05, 0) is 35.4 Å². The molecule has 4 nitrogen and oxygen atoms in total. The van der Waals surface area contributed by atoms with E-state index in [1.807, 2.05) is 6.07 Å². The van der Waals surface area contributed by atoms with Crippen LogP contribution in [0.4, 0.5) is 8.78 Å². The minimum Gasteiger partial charge on any atom is -0.466 e. The average molecular weight is 323 g/mol. The predicted molar refractivity (Wildman–Crippen MR) is 83.5 cm³/mol. The van der Waals surface area contributed by atoms with Gasteiger partial charge in [-0.2, -0.15) is 5.26 Å². The predicted octanol–water partition coefficient (Wildman–Crippen LogP) is 2.98. The van der Waals surface area contributed by atoms with E-state index in [-0.39, 0.29) is 11.5 Å². The van der Waals surface area contributed by atoms with Crippen LogP contribution in [0.3, 0.4) is 0 Å². The molecule has 1 aromatic carbocycles. The highest BCUT2D eigenvalue weighted by Gasteiger charge is 2.40. The number of hydrogen-bond acceptors (Lipinski definition) is 4. The third-order valence-electron chi connectivity index (χ3n) is 4.25. The smallest absolute Gasteiger partial charge is 0.200 e. The maximum atomic E-state index is 13.7. The van der Waals surface area contributed by atoms with Crippen LogP contribution in [0.5, 0.6) is 0 Å². The largest absolute Gasteiger partial charge is 0.466 e. The topological polar surface area (TPSA) is 71.4 Å². The Morgan fingerprint density at radius 2 is 1.88 bits per heavy atom. The van der Waals surface area contributed by atoms with Gasteiger partial charge in [0.2, 0.25) is 0 Å². The van der Waals surface area contributed by atoms with Gasteiger partial charge in [-0.3, -0.25) is 4.99 Å². The van der Waals surface area contributed by atoms with E-state index in [0.717, 1.165) is 17.3 Å². The zero-order valence-corrected chi connectivity index (χ0v) is 12.3. The van der Waals surface area contributed by atoms with Crippen molar-refractivity contribution in [3.63, 3.8) is 0 Å². The molecule has 2 unspecified atom stereocenters. The van der Waals surface area contributed by atoms with Gasteiger partial charge in [0.05, 0.1) is 5.70 Å². The minimum absolute atomic E-state index is 0.0385. The molecule has 2 heterocycles. The zero-order valence-electron chi connectivity index (χ0n) is 12.3. The Balaban J connectivity index is 1.92. The molecule has 0 fully saturated rings. The van der Waals surface area contributed by atoms with Crippen molar-refractivity contribution in [3.8, 4) is 6.07 Å². The van der Waals surface area contributed by atoms with E-state index in [1.54, 1.807) is 24.4 Å². The first-order valence-corrected chi connectivity index (χ1v) is 7.27. The molecular formula is C18H11F2N3O. The fourth-order valence-electron chi connectivity index (χ4n) is 3.26. The second-order valence-electron chi connectivity index (χ2n) is 5.64. The van der Waals surface area contributed by atoms with E-state index < -0.39 is 23.7 Å². The minimum atomic E-state index is -0.708. The average Bonchev–Trinajstić information content (AvgIpc) is 3.01. The van der Waals surface area contributed by atoms with E-state index in [0.29, 0.717) is 11.1 Å². The van der Waals surface area contributed by atoms with Gasteiger partial charge >= 0.3 is 0 Å². The fraction of sp³-hybridized carbons (Fsp3) is 0.111. The van der Waals surface area contributed by atoms with Gasteiger partial charge in [0.1, 0.15) is 29.4 Å². The van der Waals surface area contributed by atoms with E-state index in [2.05, 4.69) is 4.99 Å². The number of fused-ring (bicyclic) bond motifs is 3. The highest BCUT2D eigenvalue weighted by atomic mass is 19.1. The number of ether oxygens (including phenoxy) is 1. The molecule has 0 aromatic heterocycles. The first-order valence-electron chi connectivity index (χ1n) is 7.27. The molecule has 0 bridgehead atoms. The van der Waals surface area contributed by atoms with Gasteiger partial charge in [-0.15, -0.1) is 0 Å². The van der Waals surface area contributed by atoms with E-state index in [4.69, 9.17) is 10.5 Å². The molecule has 0 saturated heterocycles. The number of nitrogens with two attached hydrogens (primary N) is 1. The molecule has 24 heavy (non-hydrogen) atoms. The molecule has 0 amide bonds. The fourth-order valence-corrected chi connectivity index (χ4v) is 3.26. The molecule has 2 aliphatic heterocycles. The van der Waals surface area contributed by atoms with Crippen LogP contribution in [0.2, 0.25) is 0 Å². The van der Waals surface area contributed by atoms with Crippen molar-refractivity contribution < 1.29 is 13.5 Å². The summed E-state index contributed by atoms with van der Waals surface area (Å²) in [5, 5.41) is 9.47. The number of nitrogens with zero attached hydrogens (tertiary/aromatic N) is 2. The van der Waals surface area contributed by atoms with Crippen molar-refractivity contribution in [1.29, 1.82) is 5.26 Å². The Morgan fingerprint density at radius 1 is 1.12 bits per heavy atom. The summed E-state index contributed by atoms with van der Waals surface area (Å²) in [6, 6.07) is 5.22. The van der Waals surface area contributed by atoms with E-state index in [1.165, 1.54) is 12.1 Å². The third kappa shape index (κ3) is 2.06. The Morgan fingerprint density at radius 3 is 2.58 bits per heavy atom. The van der Waals surface area contributed by atoms with Crippen molar-refractivity contribution in [2.24, 2.45) is 10.7 Å². The van der Waals surface area contributed by atoms with Crippen LogP contribution in [0.25, 0.3) is 0 Å². The number of halogens is 2. The van der Waals surface area contributed by atoms with Crippen molar-refractivity contribution in [2.75, 3.05) is 0 Å². The Kier molecular flexibility index (Phi) is 3.10. The summed E-state index contributed by atoms with van der Waals surface area (Å²) < 4.78 is 33.1. The molecule has 0 saturated carbocycles. The highest BCUT2D eigenvalue weighted by molar-refractivity contribution is 5.81. The van der Waals surface area contributed by atoms with Crippen LogP contribution in [-0.2, 0) is 4.74 Å². The van der Waals surface area contributed by atoms with Crippen LogP contribution in [0.15, 0.2) is 69.7 Å². The molecule has 0 spiro atoms. The lowest BCUT2D eigenvalue weighted by molar-refractivity contribution is 0.151. The van der Waals surface area contributed by atoms with Crippen molar-refractivity contribution >= 4 is 6.21 Å². The SMILES string of the molecule is N#CC1=C(N)OC2C3=CC=NC3=CC=C2C1c1cc(F)cc(F)c1. The van der Waals surface area contributed by atoms with E-state index >= 15 is 0 Å². The molecule has 0 radical (unpaired) electrons. The summed E-state index contributed by atoms with van der Waals surface area (Å²) in [6.07, 6.45) is 6.50. The van der Waals surface area contributed by atoms with Gasteiger partial charge in [0.25, 0.3) is 0 Å². The summed E-state index contributed by atoms with van der Waals surface area (Å²) in [5.41, 5.74) is 8.64. The quantitative estimate of drug-likeness (QED) is 0.863. The summed E-state index contributed by atoms with van der Waals surface area (Å²) in [6.45, 7) is 0. The summed E-state index contributed by atoms with van der Waals surface area (Å²) in [5.74, 6) is -2.12. The van der Waals surface area contributed by atoms with Gasteiger partial charge < -0.3 is 10.5 Å². The van der Waals surface area contributed by atoms with Gasteiger partial charge in [0, 0.05) is 23.8 Å². The number of benzene rings is 1. The van der Waals surface area contributed by atoms with Gasteiger partial charge in [-0.1, -0.05) is 6.08 Å². The molecular weight excluding hydrogens is 312 g/mol. The van der Waals surface area contributed by atoms with Crippen LogP contribution in [0, 0.1) is 23.0 Å². The lowest BCUT2D eigenvalue weighted by Crippen LogP contribution is -2.33. The van der Waals surface area contributed by atoms with Crippen LogP contribution < -0.4 is 5.73 Å². The second-order valence-corrected chi connectivity index (χ2v) is 5.64. The molecule has 1 aromatic rings. The molecule has 4 rings (SSSR count). The number of rotatable bonds is 1. The molecule has 1 aliphatic carbocycles. The first-order chi connectivity index (χ1) is 11.6. The van der Waals surface area contributed by atoms with Gasteiger partial charge in [-0.25, -0.2) is 8.78 Å². The second kappa shape index (κ2) is 5.17. The van der Waals surface area contributed by atoms with Crippen molar-refractivity contribution in [2.45, 2.75) is 12.0 Å². The Bertz CT molecular complexity index is 927. The highest BCUT2D eigenvalue weighted by Crippen LogP contribution is 2.45. The summed E-state index contributed by atoms with van der Waals surface area (Å²) in [4.78, 5) is 4.22. The number of hydrogen-bond donors (Lipinski definition) is 1. The van der Waals surface area contributed by atoms with E-state index in [9.17, 15) is 14.0 Å². The molecule has 2 N–H and O–H groups in total. The van der Waals surface area contributed by atoms with Crippen molar-refractivity contribution in [1.82, 2.24) is 0 Å². The maximum Gasteiger partial charge on any atom is 0.200 e. The lowest BCUT2D eigenvalue weighted by atomic mass is 9.77. The standard InChI is InChI=1S/C18H11F2N3O/c19-10-5-9(6-11(20)7-10)16-13-1-2-15-12(3-4-23-15)17(13)24-18(22)14(16)8-21/h1-7,16-17H,22H2. The number of nitriles is 1. The normalized spacial score (nSPS) is 24.3.